The molecule has 0 aliphatic carbocycles. The Morgan fingerprint density at radius 2 is 1.84 bits per heavy atom. The van der Waals surface area contributed by atoms with Crippen molar-refractivity contribution in [1.82, 2.24) is 0 Å². The number of primary sulfonamides is 1. The molecule has 25 heavy (non-hydrogen) atoms. The summed E-state index contributed by atoms with van der Waals surface area (Å²) in [5.41, 5.74) is 1.68. The number of halogens is 1. The SMILES string of the molecule is COc1cc(Br)cc(CNc2ccc(S(N)(=O)=O)cc2)c1OC(C)C. The predicted octanol–water partition coefficient (Wildman–Crippen LogP) is 3.50. The second-order valence-electron chi connectivity index (χ2n) is 5.69. The van der Waals surface area contributed by atoms with Crippen LogP contribution in [0.5, 0.6) is 11.5 Å². The average molecular weight is 429 g/mol. The Kier molecular flexibility index (Phi) is 6.31. The van der Waals surface area contributed by atoms with Crippen molar-refractivity contribution in [1.29, 1.82) is 0 Å². The Hall–Kier alpha value is -1.77. The maximum atomic E-state index is 11.3. The highest BCUT2D eigenvalue weighted by atomic mass is 79.9. The third-order valence-electron chi connectivity index (χ3n) is 3.34. The van der Waals surface area contributed by atoms with Crippen LogP contribution in [-0.2, 0) is 16.6 Å². The van der Waals surface area contributed by atoms with Crippen molar-refractivity contribution in [2.75, 3.05) is 12.4 Å². The monoisotopic (exact) mass is 428 g/mol. The summed E-state index contributed by atoms with van der Waals surface area (Å²) in [5.74, 6) is 1.32. The first-order valence-corrected chi connectivity index (χ1v) is 9.94. The summed E-state index contributed by atoms with van der Waals surface area (Å²) in [6.07, 6.45) is 0.00266. The molecule has 3 N–H and O–H groups in total. The fourth-order valence-corrected chi connectivity index (χ4v) is 3.23. The Balaban J connectivity index is 2.23. The molecule has 0 spiro atoms. The molecule has 0 aliphatic heterocycles. The van der Waals surface area contributed by atoms with Gasteiger partial charge in [0.25, 0.3) is 0 Å². The van der Waals surface area contributed by atoms with Crippen LogP contribution in [0.1, 0.15) is 19.4 Å². The fraction of sp³-hybridized carbons (Fsp3) is 0.294. The molecule has 2 rings (SSSR count). The van der Waals surface area contributed by atoms with Gasteiger partial charge in [0.2, 0.25) is 10.0 Å². The first-order chi connectivity index (χ1) is 11.7. The largest absolute Gasteiger partial charge is 0.493 e. The molecule has 2 aromatic rings. The minimum Gasteiger partial charge on any atom is -0.493 e. The Labute approximate surface area is 156 Å². The van der Waals surface area contributed by atoms with Crippen molar-refractivity contribution in [3.05, 3.63) is 46.4 Å². The lowest BCUT2D eigenvalue weighted by atomic mass is 10.1. The topological polar surface area (TPSA) is 90.6 Å². The smallest absolute Gasteiger partial charge is 0.238 e. The molecule has 8 heteroatoms. The van der Waals surface area contributed by atoms with E-state index in [1.54, 1.807) is 19.2 Å². The first kappa shape index (κ1) is 19.6. The number of nitrogens with one attached hydrogen (secondary N) is 1. The number of sulfonamides is 1. The number of rotatable bonds is 7. The molecule has 0 unspecified atom stereocenters. The minimum absolute atomic E-state index is 0.00266. The Morgan fingerprint density at radius 1 is 1.20 bits per heavy atom. The van der Waals surface area contributed by atoms with E-state index in [4.69, 9.17) is 14.6 Å². The highest BCUT2D eigenvalue weighted by Gasteiger charge is 2.14. The number of methoxy groups -OCH3 is 1. The molecular weight excluding hydrogens is 408 g/mol. The van der Waals surface area contributed by atoms with Gasteiger partial charge in [0.05, 0.1) is 18.1 Å². The van der Waals surface area contributed by atoms with E-state index >= 15 is 0 Å². The molecule has 0 radical (unpaired) electrons. The third-order valence-corrected chi connectivity index (χ3v) is 4.72. The van der Waals surface area contributed by atoms with Crippen molar-refractivity contribution >= 4 is 31.6 Å². The van der Waals surface area contributed by atoms with Gasteiger partial charge in [-0.15, -0.1) is 0 Å². The van der Waals surface area contributed by atoms with Crippen LogP contribution in [0.2, 0.25) is 0 Å². The van der Waals surface area contributed by atoms with Crippen LogP contribution in [0, 0.1) is 0 Å². The van der Waals surface area contributed by atoms with E-state index in [9.17, 15) is 8.42 Å². The Morgan fingerprint density at radius 3 is 2.36 bits per heavy atom. The van der Waals surface area contributed by atoms with Gasteiger partial charge < -0.3 is 14.8 Å². The maximum Gasteiger partial charge on any atom is 0.238 e. The molecule has 2 aromatic carbocycles. The summed E-state index contributed by atoms with van der Waals surface area (Å²) in [5, 5.41) is 8.34. The van der Waals surface area contributed by atoms with Gasteiger partial charge in [-0.25, -0.2) is 13.6 Å². The normalized spacial score (nSPS) is 11.4. The van der Waals surface area contributed by atoms with Gasteiger partial charge in [-0.1, -0.05) is 15.9 Å². The van der Waals surface area contributed by atoms with Gasteiger partial charge in [-0.05, 0) is 50.2 Å². The summed E-state index contributed by atoms with van der Waals surface area (Å²) in [6.45, 7) is 4.38. The van der Waals surface area contributed by atoms with Crippen LogP contribution >= 0.6 is 15.9 Å². The van der Waals surface area contributed by atoms with E-state index in [1.165, 1.54) is 12.1 Å². The number of benzene rings is 2. The lowest BCUT2D eigenvalue weighted by Crippen LogP contribution is -2.12. The first-order valence-electron chi connectivity index (χ1n) is 7.60. The molecule has 0 aromatic heterocycles. The fourth-order valence-electron chi connectivity index (χ4n) is 2.23. The van der Waals surface area contributed by atoms with Crippen molar-refractivity contribution in [3.63, 3.8) is 0 Å². The Bertz CT molecular complexity index is 836. The van der Waals surface area contributed by atoms with E-state index in [-0.39, 0.29) is 11.0 Å². The van der Waals surface area contributed by atoms with Gasteiger partial charge in [-0.2, -0.15) is 0 Å². The van der Waals surface area contributed by atoms with Crippen molar-refractivity contribution < 1.29 is 17.9 Å². The van der Waals surface area contributed by atoms with E-state index in [0.717, 1.165) is 15.7 Å². The van der Waals surface area contributed by atoms with Gasteiger partial charge in [-0.3, -0.25) is 0 Å². The van der Waals surface area contributed by atoms with E-state index in [2.05, 4.69) is 21.2 Å². The molecule has 0 saturated carbocycles. The van der Waals surface area contributed by atoms with E-state index in [1.807, 2.05) is 26.0 Å². The van der Waals surface area contributed by atoms with Gasteiger partial charge >= 0.3 is 0 Å². The zero-order chi connectivity index (χ0) is 18.6. The maximum absolute atomic E-state index is 11.3. The predicted molar refractivity (Wildman–Crippen MR) is 102 cm³/mol. The lowest BCUT2D eigenvalue weighted by Gasteiger charge is -2.18. The summed E-state index contributed by atoms with van der Waals surface area (Å²) < 4.78 is 34.8. The van der Waals surface area contributed by atoms with Crippen LogP contribution < -0.4 is 19.9 Å². The van der Waals surface area contributed by atoms with Crippen molar-refractivity contribution in [2.24, 2.45) is 5.14 Å². The molecule has 0 heterocycles. The second kappa shape index (κ2) is 8.07. The molecule has 0 atom stereocenters. The van der Waals surface area contributed by atoms with Crippen LogP contribution in [0.25, 0.3) is 0 Å². The van der Waals surface area contributed by atoms with Gasteiger partial charge in [0, 0.05) is 22.3 Å². The number of nitrogens with two attached hydrogens (primary N) is 1. The molecule has 136 valence electrons. The third kappa shape index (κ3) is 5.35. The summed E-state index contributed by atoms with van der Waals surface area (Å²) >= 11 is 3.47. The highest BCUT2D eigenvalue weighted by molar-refractivity contribution is 9.10. The summed E-state index contributed by atoms with van der Waals surface area (Å²) in [4.78, 5) is 0.0750. The van der Waals surface area contributed by atoms with E-state index < -0.39 is 10.0 Å². The van der Waals surface area contributed by atoms with Crippen LogP contribution in [0.4, 0.5) is 5.69 Å². The zero-order valence-electron chi connectivity index (χ0n) is 14.2. The van der Waals surface area contributed by atoms with Gasteiger partial charge in [0.1, 0.15) is 0 Å². The number of hydrogen-bond acceptors (Lipinski definition) is 5. The lowest BCUT2D eigenvalue weighted by molar-refractivity contribution is 0.228. The van der Waals surface area contributed by atoms with Crippen LogP contribution in [0.3, 0.4) is 0 Å². The standard InChI is InChI=1S/C17H21BrN2O4S/c1-11(2)24-17-12(8-13(18)9-16(17)23-3)10-20-14-4-6-15(7-5-14)25(19,21)22/h4-9,11,20H,10H2,1-3H3,(H2,19,21,22). The van der Waals surface area contributed by atoms with Crippen LogP contribution in [0.15, 0.2) is 45.8 Å². The van der Waals surface area contributed by atoms with Crippen LogP contribution in [-0.4, -0.2) is 21.6 Å². The molecule has 0 saturated heterocycles. The zero-order valence-corrected chi connectivity index (χ0v) is 16.6. The van der Waals surface area contributed by atoms with Crippen molar-refractivity contribution in [2.45, 2.75) is 31.4 Å². The van der Waals surface area contributed by atoms with E-state index in [0.29, 0.717) is 18.0 Å². The molecule has 0 aliphatic rings. The second-order valence-corrected chi connectivity index (χ2v) is 8.16. The molecule has 0 bridgehead atoms. The number of hydrogen-bond donors (Lipinski definition) is 2. The quantitative estimate of drug-likeness (QED) is 0.703. The molecular formula is C17H21BrN2O4S. The minimum atomic E-state index is -3.69. The highest BCUT2D eigenvalue weighted by Crippen LogP contribution is 2.36. The number of ether oxygens (including phenoxy) is 2. The molecule has 0 fully saturated rings. The average Bonchev–Trinajstić information content (AvgIpc) is 2.53. The summed E-state index contributed by atoms with van der Waals surface area (Å²) in [7, 11) is -2.10. The van der Waals surface area contributed by atoms with Crippen molar-refractivity contribution in [3.8, 4) is 11.5 Å². The number of anilines is 1. The summed E-state index contributed by atoms with van der Waals surface area (Å²) in [6, 6.07) is 10.1. The molecule has 6 nitrogen and oxygen atoms in total. The van der Waals surface area contributed by atoms with Gasteiger partial charge in [0.15, 0.2) is 11.5 Å². The molecule has 0 amide bonds.